The van der Waals surface area contributed by atoms with Gasteiger partial charge >= 0.3 is 0 Å². The van der Waals surface area contributed by atoms with Crippen molar-refractivity contribution in [3.8, 4) is 0 Å². The van der Waals surface area contributed by atoms with Gasteiger partial charge in [0.15, 0.2) is 5.84 Å². The number of aliphatic imine (C=N–C) groups is 2. The van der Waals surface area contributed by atoms with Crippen LogP contribution >= 0.6 is 0 Å². The SMILES string of the molecule is COC1[N-]C(=NC2=NC(=N)c3ccccc32)c2ccccc21. The standard InChI is InChI=1S/C17H13N4O/c1-22-17-13-9-5-4-8-12(13)16(21-17)20-15-11-7-3-2-6-10(11)14(18)19-15/h2-9,17H,1H3,(H-,18,19,20,21)/q-1. The highest BCUT2D eigenvalue weighted by molar-refractivity contribution is 6.26. The number of fused-ring (bicyclic) bond motifs is 2. The second kappa shape index (κ2) is 4.89. The number of hydrogen-bond acceptors (Lipinski definition) is 3. The second-order valence-corrected chi connectivity index (χ2v) is 5.07. The van der Waals surface area contributed by atoms with Gasteiger partial charge in [0.05, 0.1) is 12.1 Å². The van der Waals surface area contributed by atoms with E-state index in [4.69, 9.17) is 10.1 Å². The van der Waals surface area contributed by atoms with Gasteiger partial charge in [0.2, 0.25) is 0 Å². The Morgan fingerprint density at radius 3 is 2.50 bits per heavy atom. The molecule has 5 heteroatoms. The molecule has 0 fully saturated rings. The Labute approximate surface area is 127 Å². The van der Waals surface area contributed by atoms with Crippen molar-refractivity contribution in [3.05, 3.63) is 76.1 Å². The van der Waals surface area contributed by atoms with E-state index in [-0.39, 0.29) is 12.1 Å². The Kier molecular flexibility index (Phi) is 2.87. The summed E-state index contributed by atoms with van der Waals surface area (Å²) in [5, 5.41) is 12.5. The van der Waals surface area contributed by atoms with Gasteiger partial charge in [-0.3, -0.25) is 5.41 Å². The van der Waals surface area contributed by atoms with Crippen LogP contribution in [0.5, 0.6) is 0 Å². The van der Waals surface area contributed by atoms with Crippen molar-refractivity contribution in [3.63, 3.8) is 0 Å². The van der Waals surface area contributed by atoms with Gasteiger partial charge in [-0.2, -0.15) is 0 Å². The maximum absolute atomic E-state index is 7.94. The zero-order chi connectivity index (χ0) is 15.1. The molecular weight excluding hydrogens is 276 g/mol. The van der Waals surface area contributed by atoms with E-state index < -0.39 is 0 Å². The van der Waals surface area contributed by atoms with Crippen LogP contribution in [0.3, 0.4) is 0 Å². The van der Waals surface area contributed by atoms with E-state index in [9.17, 15) is 0 Å². The fourth-order valence-corrected chi connectivity index (χ4v) is 2.73. The molecule has 2 aromatic carbocycles. The highest BCUT2D eigenvalue weighted by Crippen LogP contribution is 2.36. The molecule has 0 saturated heterocycles. The monoisotopic (exact) mass is 289 g/mol. The highest BCUT2D eigenvalue weighted by Gasteiger charge is 2.21. The Hall–Kier alpha value is -2.79. The van der Waals surface area contributed by atoms with Gasteiger partial charge in [-0.1, -0.05) is 54.4 Å². The minimum absolute atomic E-state index is 0.240. The van der Waals surface area contributed by atoms with E-state index >= 15 is 0 Å². The lowest BCUT2D eigenvalue weighted by atomic mass is 10.1. The van der Waals surface area contributed by atoms with E-state index in [1.807, 2.05) is 48.5 Å². The van der Waals surface area contributed by atoms with Gasteiger partial charge in [-0.05, 0) is 11.1 Å². The molecule has 0 amide bonds. The Balaban J connectivity index is 1.80. The van der Waals surface area contributed by atoms with Gasteiger partial charge in [0, 0.05) is 18.2 Å². The summed E-state index contributed by atoms with van der Waals surface area (Å²) >= 11 is 0. The van der Waals surface area contributed by atoms with Crippen molar-refractivity contribution in [2.75, 3.05) is 7.11 Å². The third kappa shape index (κ3) is 1.87. The average molecular weight is 289 g/mol. The number of nitrogens with one attached hydrogen (secondary N) is 1. The first-order chi connectivity index (χ1) is 10.8. The van der Waals surface area contributed by atoms with Gasteiger partial charge in [0.25, 0.3) is 0 Å². The molecule has 0 spiro atoms. The molecule has 22 heavy (non-hydrogen) atoms. The fraction of sp³-hybridized carbons (Fsp3) is 0.118. The van der Waals surface area contributed by atoms with Crippen LogP contribution in [-0.2, 0) is 4.74 Å². The molecule has 5 nitrogen and oxygen atoms in total. The third-order valence-corrected chi connectivity index (χ3v) is 3.78. The largest absolute Gasteiger partial charge is 0.434 e. The molecule has 1 N–H and O–H groups in total. The smallest absolute Gasteiger partial charge is 0.152 e. The summed E-state index contributed by atoms with van der Waals surface area (Å²) in [7, 11) is 1.63. The summed E-state index contributed by atoms with van der Waals surface area (Å²) in [5.74, 6) is 1.38. The third-order valence-electron chi connectivity index (χ3n) is 3.78. The fourth-order valence-electron chi connectivity index (χ4n) is 2.73. The van der Waals surface area contributed by atoms with E-state index in [0.29, 0.717) is 11.7 Å². The van der Waals surface area contributed by atoms with Crippen LogP contribution in [0.4, 0.5) is 0 Å². The van der Waals surface area contributed by atoms with Crippen LogP contribution in [0.15, 0.2) is 58.5 Å². The van der Waals surface area contributed by atoms with Gasteiger partial charge in [0.1, 0.15) is 0 Å². The lowest BCUT2D eigenvalue weighted by molar-refractivity contribution is 0.140. The molecule has 0 radical (unpaired) electrons. The topological polar surface area (TPSA) is 71.9 Å². The first-order valence-corrected chi connectivity index (χ1v) is 6.96. The molecule has 2 aromatic rings. The lowest BCUT2D eigenvalue weighted by Crippen LogP contribution is -2.01. The quantitative estimate of drug-likeness (QED) is 0.860. The predicted molar refractivity (Wildman–Crippen MR) is 85.9 cm³/mol. The summed E-state index contributed by atoms with van der Waals surface area (Å²) in [4.78, 5) is 8.84. The molecule has 2 heterocycles. The first kappa shape index (κ1) is 12.9. The average Bonchev–Trinajstić information content (AvgIpc) is 3.07. The van der Waals surface area contributed by atoms with Crippen molar-refractivity contribution in [1.82, 2.24) is 0 Å². The molecule has 0 aromatic heterocycles. The van der Waals surface area contributed by atoms with Crippen LogP contribution in [0.2, 0.25) is 0 Å². The minimum atomic E-state index is -0.327. The molecule has 1 atom stereocenters. The number of amidine groups is 3. The summed E-state index contributed by atoms with van der Waals surface area (Å²) in [5.41, 5.74) is 3.63. The van der Waals surface area contributed by atoms with Gasteiger partial charge in [-0.15, -0.1) is 0 Å². The summed E-state index contributed by atoms with van der Waals surface area (Å²) < 4.78 is 5.39. The van der Waals surface area contributed by atoms with Crippen LogP contribution < -0.4 is 0 Å². The highest BCUT2D eigenvalue weighted by atomic mass is 16.5. The Morgan fingerprint density at radius 2 is 1.73 bits per heavy atom. The Bertz CT molecular complexity index is 838. The molecule has 2 aliphatic heterocycles. The Morgan fingerprint density at radius 1 is 1.05 bits per heavy atom. The van der Waals surface area contributed by atoms with Crippen molar-refractivity contribution in [2.45, 2.75) is 6.23 Å². The number of nitrogens with zero attached hydrogens (tertiary/aromatic N) is 3. The molecule has 4 rings (SSSR count). The van der Waals surface area contributed by atoms with E-state index in [1.54, 1.807) is 7.11 Å². The van der Waals surface area contributed by atoms with Crippen molar-refractivity contribution in [2.24, 2.45) is 9.98 Å². The predicted octanol–water partition coefficient (Wildman–Crippen LogP) is 3.25. The normalized spacial score (nSPS) is 20.6. The number of rotatable bonds is 1. The summed E-state index contributed by atoms with van der Waals surface area (Å²) in [6.07, 6.45) is -0.327. The summed E-state index contributed by atoms with van der Waals surface area (Å²) in [6, 6.07) is 15.5. The van der Waals surface area contributed by atoms with Crippen molar-refractivity contribution in [1.29, 1.82) is 5.41 Å². The van der Waals surface area contributed by atoms with Crippen LogP contribution in [-0.4, -0.2) is 24.6 Å². The van der Waals surface area contributed by atoms with Crippen molar-refractivity contribution < 1.29 is 4.74 Å². The van der Waals surface area contributed by atoms with Crippen LogP contribution in [0.1, 0.15) is 28.5 Å². The molecule has 108 valence electrons. The number of ether oxygens (including phenoxy) is 1. The minimum Gasteiger partial charge on any atom is -0.434 e. The molecule has 2 aliphatic rings. The molecule has 1 unspecified atom stereocenters. The molecule has 0 bridgehead atoms. The molecular formula is C17H13N4O-. The van der Waals surface area contributed by atoms with E-state index in [1.165, 1.54) is 0 Å². The molecule has 0 saturated carbocycles. The van der Waals surface area contributed by atoms with E-state index in [0.717, 1.165) is 22.3 Å². The summed E-state index contributed by atoms with van der Waals surface area (Å²) in [6.45, 7) is 0. The second-order valence-electron chi connectivity index (χ2n) is 5.07. The zero-order valence-electron chi connectivity index (χ0n) is 11.9. The van der Waals surface area contributed by atoms with Crippen LogP contribution in [0.25, 0.3) is 5.32 Å². The molecule has 0 aliphatic carbocycles. The maximum Gasteiger partial charge on any atom is 0.152 e. The van der Waals surface area contributed by atoms with Gasteiger partial charge in [-0.25, -0.2) is 4.99 Å². The number of methoxy groups -OCH3 is 1. The first-order valence-electron chi connectivity index (χ1n) is 6.96. The zero-order valence-corrected chi connectivity index (χ0v) is 11.9. The lowest BCUT2D eigenvalue weighted by Gasteiger charge is -2.16. The van der Waals surface area contributed by atoms with Gasteiger partial charge < -0.3 is 15.0 Å². The number of hydrogen-bond donors (Lipinski definition) is 1. The number of benzene rings is 2. The maximum atomic E-state index is 7.94. The van der Waals surface area contributed by atoms with E-state index in [2.05, 4.69) is 15.3 Å². The van der Waals surface area contributed by atoms with Crippen molar-refractivity contribution >= 4 is 17.5 Å². The van der Waals surface area contributed by atoms with Crippen LogP contribution in [0, 0.1) is 5.41 Å².